The minimum Gasteiger partial charge on any atom is -0.483 e. The molecule has 1 N–H and O–H groups in total. The average Bonchev–Trinajstić information content (AvgIpc) is 3.17. The van der Waals surface area contributed by atoms with Crippen LogP contribution in [0.25, 0.3) is 11.1 Å². The van der Waals surface area contributed by atoms with Gasteiger partial charge < -0.3 is 14.8 Å². The highest BCUT2D eigenvalue weighted by molar-refractivity contribution is 9.10. The highest BCUT2D eigenvalue weighted by Gasteiger charge is 2.23. The number of hydrogen-bond acceptors (Lipinski definition) is 5. The van der Waals surface area contributed by atoms with Gasteiger partial charge in [0.15, 0.2) is 6.61 Å². The van der Waals surface area contributed by atoms with Crippen molar-refractivity contribution in [2.45, 2.75) is 20.3 Å². The Bertz CT molecular complexity index is 1030. The lowest BCUT2D eigenvalue weighted by Crippen LogP contribution is -2.21. The van der Waals surface area contributed by atoms with Crippen LogP contribution in [0, 0.1) is 0 Å². The Morgan fingerprint density at radius 2 is 1.87 bits per heavy atom. The Morgan fingerprint density at radius 1 is 1.10 bits per heavy atom. The molecule has 0 unspecified atom stereocenters. The molecule has 0 aliphatic rings. The topological polar surface area (TPSA) is 64.6 Å². The first-order valence-electron chi connectivity index (χ1n) is 9.58. The molecule has 0 spiro atoms. The molecule has 0 fully saturated rings. The van der Waals surface area contributed by atoms with Crippen LogP contribution in [0.15, 0.2) is 58.4 Å². The summed E-state index contributed by atoms with van der Waals surface area (Å²) in [5.41, 5.74) is 2.98. The van der Waals surface area contributed by atoms with Crippen molar-refractivity contribution < 1.29 is 19.1 Å². The van der Waals surface area contributed by atoms with E-state index in [0.717, 1.165) is 27.6 Å². The van der Waals surface area contributed by atoms with Gasteiger partial charge in [-0.1, -0.05) is 53.2 Å². The van der Waals surface area contributed by atoms with Gasteiger partial charge >= 0.3 is 5.97 Å². The number of nitrogens with one attached hydrogen (secondary N) is 1. The first-order valence-corrected chi connectivity index (χ1v) is 11.3. The smallest absolute Gasteiger partial charge is 0.341 e. The molecule has 7 heteroatoms. The van der Waals surface area contributed by atoms with Gasteiger partial charge in [-0.3, -0.25) is 4.79 Å². The number of esters is 1. The van der Waals surface area contributed by atoms with Crippen LogP contribution in [0.5, 0.6) is 5.75 Å². The number of carbonyl (C=O) groups excluding carboxylic acids is 2. The summed E-state index contributed by atoms with van der Waals surface area (Å²) in [4.78, 5) is 25.1. The molecule has 0 saturated heterocycles. The van der Waals surface area contributed by atoms with Gasteiger partial charge in [-0.2, -0.15) is 0 Å². The molecule has 0 aliphatic carbocycles. The Kier molecular flexibility index (Phi) is 7.65. The maximum absolute atomic E-state index is 12.6. The van der Waals surface area contributed by atoms with E-state index in [1.165, 1.54) is 11.3 Å². The van der Waals surface area contributed by atoms with E-state index in [4.69, 9.17) is 9.47 Å². The van der Waals surface area contributed by atoms with E-state index in [1.807, 2.05) is 60.8 Å². The van der Waals surface area contributed by atoms with E-state index in [2.05, 4.69) is 21.2 Å². The van der Waals surface area contributed by atoms with Crippen LogP contribution < -0.4 is 10.1 Å². The zero-order valence-electron chi connectivity index (χ0n) is 16.7. The van der Waals surface area contributed by atoms with E-state index in [9.17, 15) is 9.59 Å². The second-order valence-corrected chi connectivity index (χ2v) is 8.18. The molecule has 0 radical (unpaired) electrons. The third kappa shape index (κ3) is 5.29. The second-order valence-electron chi connectivity index (χ2n) is 6.38. The molecule has 2 aromatic carbocycles. The molecule has 0 saturated carbocycles. The summed E-state index contributed by atoms with van der Waals surface area (Å²) in [5.74, 6) is -0.139. The minimum atomic E-state index is -0.463. The Hall–Kier alpha value is -2.64. The van der Waals surface area contributed by atoms with Crippen LogP contribution >= 0.6 is 27.3 Å². The molecule has 1 amide bonds. The van der Waals surface area contributed by atoms with Gasteiger partial charge in [-0.05, 0) is 42.7 Å². The lowest BCUT2D eigenvalue weighted by atomic mass is 10.0. The van der Waals surface area contributed by atoms with E-state index in [0.29, 0.717) is 16.3 Å². The number of rotatable bonds is 8. The quantitative estimate of drug-likeness (QED) is 0.399. The SMILES string of the molecule is CCOC(=O)c1c(-c2ccccc2)csc1NC(=O)COc1ccc(Br)cc1CC. The summed E-state index contributed by atoms with van der Waals surface area (Å²) in [6.45, 7) is 3.87. The van der Waals surface area contributed by atoms with Crippen molar-refractivity contribution >= 4 is 44.1 Å². The molecule has 156 valence electrons. The number of carbonyl (C=O) groups is 2. The highest BCUT2D eigenvalue weighted by atomic mass is 79.9. The van der Waals surface area contributed by atoms with E-state index < -0.39 is 5.97 Å². The van der Waals surface area contributed by atoms with Gasteiger partial charge in [0, 0.05) is 15.4 Å². The third-order valence-corrected chi connectivity index (χ3v) is 5.76. The van der Waals surface area contributed by atoms with Crippen LogP contribution in [0.1, 0.15) is 29.8 Å². The summed E-state index contributed by atoms with van der Waals surface area (Å²) in [6, 6.07) is 15.2. The molecule has 3 aromatic rings. The van der Waals surface area contributed by atoms with Crippen molar-refractivity contribution in [3.05, 3.63) is 69.5 Å². The van der Waals surface area contributed by atoms with Crippen LogP contribution in [-0.2, 0) is 16.0 Å². The van der Waals surface area contributed by atoms with Crippen molar-refractivity contribution in [1.29, 1.82) is 0 Å². The first kappa shape index (κ1) is 22.1. The van der Waals surface area contributed by atoms with Gasteiger partial charge in [0.25, 0.3) is 5.91 Å². The number of aryl methyl sites for hydroxylation is 1. The number of hydrogen-bond donors (Lipinski definition) is 1. The summed E-state index contributed by atoms with van der Waals surface area (Å²) >= 11 is 4.73. The maximum atomic E-state index is 12.6. The van der Waals surface area contributed by atoms with Crippen molar-refractivity contribution in [2.75, 3.05) is 18.5 Å². The predicted molar refractivity (Wildman–Crippen MR) is 123 cm³/mol. The molecular weight excluding hydrogens is 466 g/mol. The third-order valence-electron chi connectivity index (χ3n) is 4.37. The molecule has 1 aromatic heterocycles. The normalized spacial score (nSPS) is 10.5. The molecule has 0 atom stereocenters. The zero-order chi connectivity index (χ0) is 21.5. The van der Waals surface area contributed by atoms with Crippen molar-refractivity contribution in [2.24, 2.45) is 0 Å². The molecule has 3 rings (SSSR count). The fourth-order valence-corrected chi connectivity index (χ4v) is 4.34. The van der Waals surface area contributed by atoms with Gasteiger partial charge in [-0.15, -0.1) is 11.3 Å². The monoisotopic (exact) mass is 487 g/mol. The molecule has 30 heavy (non-hydrogen) atoms. The van der Waals surface area contributed by atoms with Crippen LogP contribution in [-0.4, -0.2) is 25.1 Å². The number of anilines is 1. The van der Waals surface area contributed by atoms with E-state index in [1.54, 1.807) is 6.92 Å². The standard InChI is InChI=1S/C23H22BrNO4S/c1-3-15-12-17(24)10-11-19(15)29-13-20(26)25-22-21(23(27)28-4-2)18(14-30-22)16-8-6-5-7-9-16/h5-12,14H,3-4,13H2,1-2H3,(H,25,26). The number of thiophene rings is 1. The largest absolute Gasteiger partial charge is 0.483 e. The molecular formula is C23H22BrNO4S. The average molecular weight is 488 g/mol. The summed E-state index contributed by atoms with van der Waals surface area (Å²) in [6.07, 6.45) is 0.786. The number of halogens is 1. The van der Waals surface area contributed by atoms with Gasteiger partial charge in [-0.25, -0.2) is 4.79 Å². The Labute approximate surface area is 188 Å². The fraction of sp³-hybridized carbons (Fsp3) is 0.217. The molecule has 1 heterocycles. The summed E-state index contributed by atoms with van der Waals surface area (Å²) < 4.78 is 11.9. The van der Waals surface area contributed by atoms with Crippen molar-refractivity contribution in [1.82, 2.24) is 0 Å². The van der Waals surface area contributed by atoms with Gasteiger partial charge in [0.05, 0.1) is 6.61 Å². The van der Waals surface area contributed by atoms with Crippen molar-refractivity contribution in [3.8, 4) is 16.9 Å². The fourth-order valence-electron chi connectivity index (χ4n) is 2.96. The molecule has 0 aliphatic heterocycles. The Morgan fingerprint density at radius 3 is 2.57 bits per heavy atom. The van der Waals surface area contributed by atoms with Gasteiger partial charge in [0.2, 0.25) is 0 Å². The molecule has 0 bridgehead atoms. The highest BCUT2D eigenvalue weighted by Crippen LogP contribution is 2.36. The summed E-state index contributed by atoms with van der Waals surface area (Å²) in [7, 11) is 0. The van der Waals surface area contributed by atoms with Crippen LogP contribution in [0.2, 0.25) is 0 Å². The van der Waals surface area contributed by atoms with E-state index >= 15 is 0 Å². The number of amides is 1. The van der Waals surface area contributed by atoms with Gasteiger partial charge in [0.1, 0.15) is 16.3 Å². The lowest BCUT2D eigenvalue weighted by molar-refractivity contribution is -0.118. The lowest BCUT2D eigenvalue weighted by Gasteiger charge is -2.12. The summed E-state index contributed by atoms with van der Waals surface area (Å²) in [5, 5.41) is 5.10. The predicted octanol–water partition coefficient (Wildman–Crippen LogP) is 5.93. The maximum Gasteiger partial charge on any atom is 0.341 e. The second kappa shape index (κ2) is 10.4. The number of ether oxygens (including phenoxy) is 2. The Balaban J connectivity index is 1.78. The van der Waals surface area contributed by atoms with Crippen LogP contribution in [0.4, 0.5) is 5.00 Å². The minimum absolute atomic E-state index is 0.157. The van der Waals surface area contributed by atoms with Crippen molar-refractivity contribution in [3.63, 3.8) is 0 Å². The van der Waals surface area contributed by atoms with Crippen LogP contribution in [0.3, 0.4) is 0 Å². The number of benzene rings is 2. The zero-order valence-corrected chi connectivity index (χ0v) is 19.1. The van der Waals surface area contributed by atoms with E-state index in [-0.39, 0.29) is 19.1 Å². The first-order chi connectivity index (χ1) is 14.5. The molecule has 5 nitrogen and oxygen atoms in total.